The van der Waals surface area contributed by atoms with Gasteiger partial charge in [0.1, 0.15) is 11.5 Å². The zero-order valence-electron chi connectivity index (χ0n) is 36.5. The smallest absolute Gasteiger partial charge is 0.260 e. The normalized spacial score (nSPS) is 17.4. The Morgan fingerprint density at radius 3 is 1.41 bits per heavy atom. The van der Waals surface area contributed by atoms with E-state index in [0.29, 0.717) is 96.1 Å². The second-order valence-electron chi connectivity index (χ2n) is 16.0. The fraction of sp³-hybridized carbons (Fsp3) is 0.347. The molecule has 2 atom stereocenters. The van der Waals surface area contributed by atoms with E-state index < -0.39 is 7.14 Å². The molecular formula is C49H53N4O10P. The molecule has 2 amide bonds. The molecule has 0 spiro atoms. The van der Waals surface area contributed by atoms with Crippen molar-refractivity contribution in [3.8, 4) is 34.5 Å². The zero-order valence-corrected chi connectivity index (χ0v) is 37.4. The molecule has 0 unspecified atom stereocenters. The highest BCUT2D eigenvalue weighted by Crippen LogP contribution is 2.48. The molecule has 15 heteroatoms. The van der Waals surface area contributed by atoms with Crippen molar-refractivity contribution in [3.05, 3.63) is 107 Å². The SMILES string of the molecule is COc1ccc(C2=CN3C(=O)c4cc(OC)c(OCCCP(=O)(CCCO)CCCOc5cc6c(cc5OC)C(=O)N5C=C(c7ccc(OC)cc7)C[C@H]5C=N6)cc4N=C[C@@H]3C2)cc1. The van der Waals surface area contributed by atoms with Gasteiger partial charge in [0.15, 0.2) is 23.0 Å². The maximum Gasteiger partial charge on any atom is 0.260 e. The lowest BCUT2D eigenvalue weighted by Gasteiger charge is -2.20. The number of hydrogen-bond acceptors (Lipinski definition) is 12. The molecule has 0 aliphatic carbocycles. The van der Waals surface area contributed by atoms with Crippen LogP contribution in [-0.2, 0) is 4.57 Å². The molecule has 14 nitrogen and oxygen atoms in total. The number of hydrogen-bond donors (Lipinski definition) is 1. The average molecular weight is 889 g/mol. The van der Waals surface area contributed by atoms with E-state index in [0.717, 1.165) is 33.8 Å². The molecule has 334 valence electrons. The van der Waals surface area contributed by atoms with Gasteiger partial charge in [-0.2, -0.15) is 0 Å². The van der Waals surface area contributed by atoms with Crippen LogP contribution in [0.1, 0.15) is 63.9 Å². The first-order valence-electron chi connectivity index (χ1n) is 21.5. The summed E-state index contributed by atoms with van der Waals surface area (Å²) in [5.41, 5.74) is 5.90. The summed E-state index contributed by atoms with van der Waals surface area (Å²) in [6, 6.07) is 21.9. The minimum atomic E-state index is -2.72. The van der Waals surface area contributed by atoms with Gasteiger partial charge >= 0.3 is 0 Å². The van der Waals surface area contributed by atoms with Crippen LogP contribution in [0.3, 0.4) is 0 Å². The minimum absolute atomic E-state index is 0.0537. The Hall–Kier alpha value is -6.37. The number of ether oxygens (including phenoxy) is 6. The van der Waals surface area contributed by atoms with Gasteiger partial charge in [-0.15, -0.1) is 0 Å². The van der Waals surface area contributed by atoms with Crippen LogP contribution >= 0.6 is 7.14 Å². The number of amides is 2. The number of aliphatic hydroxyl groups is 1. The molecule has 0 aromatic heterocycles. The van der Waals surface area contributed by atoms with Crippen molar-refractivity contribution in [3.63, 3.8) is 0 Å². The number of methoxy groups -OCH3 is 4. The Morgan fingerprint density at radius 2 is 1.02 bits per heavy atom. The van der Waals surface area contributed by atoms with Gasteiger partial charge in [-0.1, -0.05) is 24.3 Å². The molecule has 4 heterocycles. The lowest BCUT2D eigenvalue weighted by atomic mass is 10.0. The number of carbonyl (C=O) groups is 2. The summed E-state index contributed by atoms with van der Waals surface area (Å²) >= 11 is 0. The van der Waals surface area contributed by atoms with Crippen LogP contribution in [0.25, 0.3) is 11.1 Å². The molecule has 4 aliphatic heterocycles. The van der Waals surface area contributed by atoms with E-state index >= 15 is 0 Å². The summed E-state index contributed by atoms with van der Waals surface area (Å²) < 4.78 is 48.5. The quantitative estimate of drug-likeness (QED) is 0.0714. The van der Waals surface area contributed by atoms with Gasteiger partial charge < -0.3 is 47.9 Å². The molecule has 4 aromatic carbocycles. The second-order valence-corrected chi connectivity index (χ2v) is 19.5. The van der Waals surface area contributed by atoms with Gasteiger partial charge in [0, 0.05) is 74.9 Å². The van der Waals surface area contributed by atoms with Gasteiger partial charge in [0.25, 0.3) is 11.8 Å². The van der Waals surface area contributed by atoms with E-state index in [4.69, 9.17) is 38.4 Å². The molecule has 0 fully saturated rings. The van der Waals surface area contributed by atoms with Crippen molar-refractivity contribution in [2.24, 2.45) is 9.98 Å². The first kappa shape index (κ1) is 44.2. The maximum atomic E-state index is 14.2. The highest BCUT2D eigenvalue weighted by molar-refractivity contribution is 7.63. The van der Waals surface area contributed by atoms with Gasteiger partial charge in [-0.25, -0.2) is 0 Å². The van der Waals surface area contributed by atoms with E-state index in [-0.39, 0.29) is 43.7 Å². The number of benzene rings is 4. The van der Waals surface area contributed by atoms with Gasteiger partial charge in [0.05, 0.1) is 83.4 Å². The second kappa shape index (κ2) is 19.6. The van der Waals surface area contributed by atoms with Crippen molar-refractivity contribution < 1.29 is 47.7 Å². The van der Waals surface area contributed by atoms with Crippen LogP contribution in [0.5, 0.6) is 34.5 Å². The third-order valence-corrected chi connectivity index (χ3v) is 15.4. The molecule has 8 rings (SSSR count). The Bertz CT molecular complexity index is 2380. The Labute approximate surface area is 373 Å². The standard InChI is InChI=1S/C49H53N4O10P/c1-58-38-12-8-32(9-13-38)34-22-36-28-50-42-26-46(44(60-3)24-40(42)48(55)52(36)30-34)62-17-6-20-64(57,19-5-16-54)21-7-18-63-47-27-43-41(25-45(47)61-4)49(56)53-31-35(23-37(53)29-51-43)33-10-14-39(59-2)15-11-33/h8-15,24-31,36-37,54H,5-7,16-23H2,1-4H3/t36-,37-/m0/s1. The maximum absolute atomic E-state index is 14.2. The highest BCUT2D eigenvalue weighted by atomic mass is 31.2. The van der Waals surface area contributed by atoms with Crippen LogP contribution in [0.4, 0.5) is 11.4 Å². The number of aliphatic imine (C=N–C) groups is 2. The fourth-order valence-corrected chi connectivity index (χ4v) is 11.3. The number of aliphatic hydroxyl groups excluding tert-OH is 1. The Balaban J connectivity index is 0.863. The van der Waals surface area contributed by atoms with Gasteiger partial charge in [-0.3, -0.25) is 19.6 Å². The first-order chi connectivity index (χ1) is 31.1. The highest BCUT2D eigenvalue weighted by Gasteiger charge is 2.35. The van der Waals surface area contributed by atoms with Crippen molar-refractivity contribution in [2.75, 3.05) is 66.7 Å². The third kappa shape index (κ3) is 9.44. The number of nitrogens with zero attached hydrogens (tertiary/aromatic N) is 4. The summed E-state index contributed by atoms with van der Waals surface area (Å²) in [4.78, 5) is 40.5. The topological polar surface area (TPSA) is 158 Å². The van der Waals surface area contributed by atoms with Crippen molar-refractivity contribution in [1.82, 2.24) is 9.80 Å². The number of carbonyl (C=O) groups excluding carboxylic acids is 2. The van der Waals surface area contributed by atoms with E-state index in [1.54, 1.807) is 60.7 Å². The van der Waals surface area contributed by atoms with Gasteiger partial charge in [0.2, 0.25) is 0 Å². The minimum Gasteiger partial charge on any atom is -0.497 e. The lowest BCUT2D eigenvalue weighted by molar-refractivity contribution is 0.0809. The predicted octanol–water partition coefficient (Wildman–Crippen LogP) is 8.65. The average Bonchev–Trinajstić information content (AvgIpc) is 3.91. The Morgan fingerprint density at radius 1 is 0.594 bits per heavy atom. The molecule has 0 saturated carbocycles. The van der Waals surface area contributed by atoms with Crippen LogP contribution < -0.4 is 28.4 Å². The molecule has 0 radical (unpaired) electrons. The summed E-state index contributed by atoms with van der Waals surface area (Å²) in [7, 11) is 3.59. The largest absolute Gasteiger partial charge is 0.497 e. The van der Waals surface area contributed by atoms with Crippen LogP contribution in [0.15, 0.2) is 95.2 Å². The number of rotatable bonds is 19. The summed E-state index contributed by atoms with van der Waals surface area (Å²) in [6.07, 6.45) is 11.3. The van der Waals surface area contributed by atoms with E-state index in [1.165, 1.54) is 14.2 Å². The molecule has 4 aromatic rings. The van der Waals surface area contributed by atoms with Crippen molar-refractivity contribution >= 4 is 53.9 Å². The van der Waals surface area contributed by atoms with E-state index in [1.807, 2.05) is 60.9 Å². The Kier molecular flexibility index (Phi) is 13.5. The first-order valence-corrected chi connectivity index (χ1v) is 23.7. The van der Waals surface area contributed by atoms with Crippen LogP contribution in [-0.4, -0.2) is 118 Å². The molecular weight excluding hydrogens is 836 g/mol. The van der Waals surface area contributed by atoms with Crippen molar-refractivity contribution in [2.45, 2.75) is 44.2 Å². The van der Waals surface area contributed by atoms with Crippen molar-refractivity contribution in [1.29, 1.82) is 0 Å². The number of fused-ring (bicyclic) bond motifs is 4. The molecule has 1 N–H and O–H groups in total. The van der Waals surface area contributed by atoms with Crippen LogP contribution in [0.2, 0.25) is 0 Å². The molecule has 64 heavy (non-hydrogen) atoms. The predicted molar refractivity (Wildman–Crippen MR) is 248 cm³/mol. The molecule has 0 bridgehead atoms. The van der Waals surface area contributed by atoms with E-state index in [9.17, 15) is 19.3 Å². The fourth-order valence-electron chi connectivity index (χ4n) is 8.52. The molecule has 4 aliphatic rings. The monoisotopic (exact) mass is 888 g/mol. The summed E-state index contributed by atoms with van der Waals surface area (Å²) in [6.45, 7) is 0.469. The van der Waals surface area contributed by atoms with Gasteiger partial charge in [-0.05, 0) is 77.9 Å². The van der Waals surface area contributed by atoms with Crippen LogP contribution in [0, 0.1) is 0 Å². The third-order valence-electron chi connectivity index (χ3n) is 12.0. The summed E-state index contributed by atoms with van der Waals surface area (Å²) in [5.74, 6) is 2.86. The molecule has 0 saturated heterocycles. The van der Waals surface area contributed by atoms with E-state index in [2.05, 4.69) is 0 Å². The summed E-state index contributed by atoms with van der Waals surface area (Å²) in [5, 5.41) is 9.64. The lowest BCUT2D eigenvalue weighted by Crippen LogP contribution is -2.32. The zero-order chi connectivity index (χ0) is 44.8.